The number of carbonyl (C=O) groups excluding carboxylic acids is 1. The third kappa shape index (κ3) is 4.70. The van der Waals surface area contributed by atoms with Crippen molar-refractivity contribution in [2.45, 2.75) is 39.7 Å². The zero-order valence-corrected chi connectivity index (χ0v) is 12.9. The third-order valence-electron chi connectivity index (χ3n) is 3.39. The second-order valence-electron chi connectivity index (χ2n) is 5.49. The quantitative estimate of drug-likeness (QED) is 0.887. The number of H-pyrrole nitrogens is 1. The second kappa shape index (κ2) is 7.02. The van der Waals surface area contributed by atoms with E-state index in [9.17, 15) is 4.79 Å². The van der Waals surface area contributed by atoms with Crippen LogP contribution in [0, 0.1) is 13.8 Å². The van der Waals surface area contributed by atoms with Crippen LogP contribution in [-0.2, 0) is 17.8 Å². The van der Waals surface area contributed by atoms with Crippen molar-refractivity contribution in [1.29, 1.82) is 0 Å². The number of aromatic amines is 1. The average molecular weight is 286 g/mol. The van der Waals surface area contributed by atoms with Gasteiger partial charge in [0.15, 0.2) is 0 Å². The summed E-state index contributed by atoms with van der Waals surface area (Å²) >= 11 is 0. The number of rotatable bonds is 6. The first-order valence-electron chi connectivity index (χ1n) is 7.20. The summed E-state index contributed by atoms with van der Waals surface area (Å²) in [5, 5.41) is 6.68. The average Bonchev–Trinajstić information content (AvgIpc) is 2.90. The fourth-order valence-electron chi connectivity index (χ4n) is 2.39. The minimum atomic E-state index is 0.152. The molecule has 2 aromatic rings. The van der Waals surface area contributed by atoms with E-state index in [1.807, 2.05) is 39.2 Å². The van der Waals surface area contributed by atoms with Crippen LogP contribution in [0.3, 0.4) is 0 Å². The van der Waals surface area contributed by atoms with Gasteiger partial charge < -0.3 is 4.90 Å². The van der Waals surface area contributed by atoms with Gasteiger partial charge in [0.1, 0.15) is 0 Å². The monoisotopic (exact) mass is 286 g/mol. The first-order chi connectivity index (χ1) is 10.0. The molecule has 2 heterocycles. The van der Waals surface area contributed by atoms with Gasteiger partial charge in [-0.15, -0.1) is 0 Å². The number of aryl methyl sites for hydroxylation is 3. The van der Waals surface area contributed by atoms with Gasteiger partial charge >= 0.3 is 0 Å². The number of amides is 1. The fourth-order valence-corrected chi connectivity index (χ4v) is 2.39. The van der Waals surface area contributed by atoms with E-state index in [4.69, 9.17) is 0 Å². The maximum Gasteiger partial charge on any atom is 0.222 e. The predicted octanol–water partition coefficient (Wildman–Crippen LogP) is 2.40. The number of hydrogen-bond donors (Lipinski definition) is 1. The lowest BCUT2D eigenvalue weighted by atomic mass is 10.1. The standard InChI is InChI=1S/C16H22N4O/c1-12-7-13(2)19-15(8-12)11-20(3)16(21)6-4-5-14-9-17-18-10-14/h7-10H,4-6,11H2,1-3H3,(H,17,18). The van der Waals surface area contributed by atoms with Gasteiger partial charge in [-0.3, -0.25) is 14.9 Å². The molecule has 0 aliphatic heterocycles. The Bertz CT molecular complexity index is 572. The Morgan fingerprint density at radius 3 is 2.81 bits per heavy atom. The summed E-state index contributed by atoms with van der Waals surface area (Å²) < 4.78 is 0. The molecule has 0 unspecified atom stereocenters. The normalized spacial score (nSPS) is 10.6. The Hall–Kier alpha value is -2.17. The molecule has 5 heteroatoms. The van der Waals surface area contributed by atoms with Crippen LogP contribution in [-0.4, -0.2) is 33.0 Å². The number of hydrogen-bond acceptors (Lipinski definition) is 3. The molecule has 0 saturated carbocycles. The lowest BCUT2D eigenvalue weighted by Gasteiger charge is -2.17. The maximum atomic E-state index is 12.1. The van der Waals surface area contributed by atoms with Crippen LogP contribution in [0.5, 0.6) is 0 Å². The highest BCUT2D eigenvalue weighted by atomic mass is 16.2. The number of nitrogens with one attached hydrogen (secondary N) is 1. The van der Waals surface area contributed by atoms with Crippen molar-refractivity contribution in [3.05, 3.63) is 47.0 Å². The van der Waals surface area contributed by atoms with E-state index < -0.39 is 0 Å². The van der Waals surface area contributed by atoms with E-state index in [0.717, 1.165) is 29.8 Å². The van der Waals surface area contributed by atoms with E-state index in [1.165, 1.54) is 5.56 Å². The van der Waals surface area contributed by atoms with Crippen molar-refractivity contribution in [3.8, 4) is 0 Å². The first-order valence-corrected chi connectivity index (χ1v) is 7.20. The summed E-state index contributed by atoms with van der Waals surface area (Å²) in [6.07, 6.45) is 5.93. The van der Waals surface area contributed by atoms with Gasteiger partial charge in [0.05, 0.1) is 18.4 Å². The smallest absolute Gasteiger partial charge is 0.222 e. The molecule has 0 bridgehead atoms. The summed E-state index contributed by atoms with van der Waals surface area (Å²) in [5.74, 6) is 0.152. The predicted molar refractivity (Wildman–Crippen MR) is 81.7 cm³/mol. The van der Waals surface area contributed by atoms with E-state index in [2.05, 4.69) is 15.2 Å². The number of nitrogens with zero attached hydrogens (tertiary/aromatic N) is 3. The molecule has 112 valence electrons. The Morgan fingerprint density at radius 1 is 1.33 bits per heavy atom. The molecular formula is C16H22N4O. The minimum absolute atomic E-state index is 0.152. The van der Waals surface area contributed by atoms with Crippen LogP contribution < -0.4 is 0 Å². The van der Waals surface area contributed by atoms with E-state index >= 15 is 0 Å². The molecule has 5 nitrogen and oxygen atoms in total. The van der Waals surface area contributed by atoms with E-state index in [1.54, 1.807) is 11.1 Å². The number of aromatic nitrogens is 3. The Kier molecular flexibility index (Phi) is 5.09. The molecule has 1 N–H and O–H groups in total. The van der Waals surface area contributed by atoms with Crippen molar-refractivity contribution < 1.29 is 4.79 Å². The van der Waals surface area contributed by atoms with Crippen LogP contribution >= 0.6 is 0 Å². The largest absolute Gasteiger partial charge is 0.340 e. The van der Waals surface area contributed by atoms with Gasteiger partial charge in [-0.2, -0.15) is 5.10 Å². The zero-order chi connectivity index (χ0) is 15.2. The molecule has 21 heavy (non-hydrogen) atoms. The van der Waals surface area contributed by atoms with Crippen LogP contribution in [0.2, 0.25) is 0 Å². The maximum absolute atomic E-state index is 12.1. The van der Waals surface area contributed by atoms with Crippen LogP contribution in [0.4, 0.5) is 0 Å². The van der Waals surface area contributed by atoms with Crippen LogP contribution in [0.15, 0.2) is 24.5 Å². The van der Waals surface area contributed by atoms with Crippen molar-refractivity contribution in [3.63, 3.8) is 0 Å². The summed E-state index contributed by atoms with van der Waals surface area (Å²) in [4.78, 5) is 18.3. The van der Waals surface area contributed by atoms with Gasteiger partial charge in [-0.25, -0.2) is 0 Å². The van der Waals surface area contributed by atoms with Crippen LogP contribution in [0.25, 0.3) is 0 Å². The summed E-state index contributed by atoms with van der Waals surface area (Å²) in [6.45, 7) is 4.58. The topological polar surface area (TPSA) is 61.9 Å². The Labute approximate surface area is 125 Å². The highest BCUT2D eigenvalue weighted by Gasteiger charge is 2.10. The molecule has 0 fully saturated rings. The number of pyridine rings is 1. The molecule has 2 aromatic heterocycles. The van der Waals surface area contributed by atoms with Crippen molar-refractivity contribution >= 4 is 5.91 Å². The Morgan fingerprint density at radius 2 is 2.14 bits per heavy atom. The van der Waals surface area contributed by atoms with Gasteiger partial charge in [-0.1, -0.05) is 0 Å². The summed E-state index contributed by atoms with van der Waals surface area (Å²) in [5.41, 5.74) is 4.25. The SMILES string of the molecule is Cc1cc(C)nc(CN(C)C(=O)CCCc2cn[nH]c2)c1. The van der Waals surface area contributed by atoms with Gasteiger partial charge in [0.25, 0.3) is 0 Å². The molecule has 0 aliphatic rings. The van der Waals surface area contributed by atoms with E-state index in [-0.39, 0.29) is 5.91 Å². The van der Waals surface area contributed by atoms with Crippen molar-refractivity contribution in [1.82, 2.24) is 20.1 Å². The van der Waals surface area contributed by atoms with Crippen LogP contribution in [0.1, 0.15) is 35.4 Å². The highest BCUT2D eigenvalue weighted by Crippen LogP contribution is 2.09. The highest BCUT2D eigenvalue weighted by molar-refractivity contribution is 5.75. The number of carbonyl (C=O) groups is 1. The molecule has 0 saturated heterocycles. The van der Waals surface area contributed by atoms with Crippen molar-refractivity contribution in [2.24, 2.45) is 0 Å². The minimum Gasteiger partial charge on any atom is -0.340 e. The van der Waals surface area contributed by atoms with E-state index in [0.29, 0.717) is 13.0 Å². The summed E-state index contributed by atoms with van der Waals surface area (Å²) in [7, 11) is 1.83. The lowest BCUT2D eigenvalue weighted by Crippen LogP contribution is -2.26. The molecule has 0 aliphatic carbocycles. The second-order valence-corrected chi connectivity index (χ2v) is 5.49. The fraction of sp³-hybridized carbons (Fsp3) is 0.438. The molecule has 0 radical (unpaired) electrons. The molecule has 0 aromatic carbocycles. The molecular weight excluding hydrogens is 264 g/mol. The third-order valence-corrected chi connectivity index (χ3v) is 3.39. The van der Waals surface area contributed by atoms with Gasteiger partial charge in [0.2, 0.25) is 5.91 Å². The molecule has 2 rings (SSSR count). The molecule has 0 atom stereocenters. The Balaban J connectivity index is 1.81. The van der Waals surface area contributed by atoms with Gasteiger partial charge in [0, 0.05) is 25.4 Å². The zero-order valence-electron chi connectivity index (χ0n) is 12.9. The first kappa shape index (κ1) is 15.2. The lowest BCUT2D eigenvalue weighted by molar-refractivity contribution is -0.130. The summed E-state index contributed by atoms with van der Waals surface area (Å²) in [6, 6.07) is 4.07. The van der Waals surface area contributed by atoms with Crippen molar-refractivity contribution in [2.75, 3.05) is 7.05 Å². The van der Waals surface area contributed by atoms with Gasteiger partial charge in [-0.05, 0) is 49.9 Å². The molecule has 1 amide bonds. The molecule has 0 spiro atoms.